The minimum atomic E-state index is 0. The van der Waals surface area contributed by atoms with E-state index in [1.165, 1.54) is 12.8 Å². The Morgan fingerprint density at radius 2 is 1.97 bits per heavy atom. The van der Waals surface area contributed by atoms with Gasteiger partial charge in [0.1, 0.15) is 11.5 Å². The Labute approximate surface area is 189 Å². The molecule has 0 spiro atoms. The summed E-state index contributed by atoms with van der Waals surface area (Å²) in [7, 11) is 3.42. The van der Waals surface area contributed by atoms with Crippen molar-refractivity contribution in [2.24, 2.45) is 4.99 Å². The van der Waals surface area contributed by atoms with Gasteiger partial charge < -0.3 is 24.6 Å². The van der Waals surface area contributed by atoms with Crippen molar-refractivity contribution in [1.82, 2.24) is 15.8 Å². The lowest BCUT2D eigenvalue weighted by atomic mass is 10.2. The Morgan fingerprint density at radius 1 is 1.21 bits per heavy atom. The van der Waals surface area contributed by atoms with E-state index in [-0.39, 0.29) is 24.0 Å². The van der Waals surface area contributed by atoms with Crippen molar-refractivity contribution in [2.45, 2.75) is 58.2 Å². The first-order valence-corrected chi connectivity index (χ1v) is 9.94. The Hall–Kier alpha value is -1.97. The van der Waals surface area contributed by atoms with Crippen molar-refractivity contribution in [1.29, 1.82) is 0 Å². The van der Waals surface area contributed by atoms with Gasteiger partial charge in [0.2, 0.25) is 0 Å². The molecule has 29 heavy (non-hydrogen) atoms. The van der Waals surface area contributed by atoms with Gasteiger partial charge in [-0.2, -0.15) is 0 Å². The molecule has 1 aliphatic carbocycles. The van der Waals surface area contributed by atoms with Crippen molar-refractivity contribution in [3.8, 4) is 11.5 Å². The van der Waals surface area contributed by atoms with Gasteiger partial charge in [0.25, 0.3) is 0 Å². The molecule has 1 aromatic carbocycles. The molecular formula is C21H31IN4O3. The van der Waals surface area contributed by atoms with E-state index in [1.807, 2.05) is 24.3 Å². The Morgan fingerprint density at radius 3 is 2.62 bits per heavy atom. The Balaban J connectivity index is 0.00000300. The van der Waals surface area contributed by atoms with Crippen LogP contribution in [0, 0.1) is 0 Å². The van der Waals surface area contributed by atoms with E-state index in [1.54, 1.807) is 14.2 Å². The lowest BCUT2D eigenvalue weighted by molar-refractivity contribution is 0.207. The van der Waals surface area contributed by atoms with Crippen LogP contribution in [0.4, 0.5) is 0 Å². The number of aromatic nitrogens is 1. The summed E-state index contributed by atoms with van der Waals surface area (Å²) in [6.45, 7) is 3.18. The van der Waals surface area contributed by atoms with Crippen LogP contribution in [0.15, 0.2) is 33.8 Å². The zero-order valence-corrected chi connectivity index (χ0v) is 19.7. The maximum absolute atomic E-state index is 6.26. The summed E-state index contributed by atoms with van der Waals surface area (Å²) < 4.78 is 16.9. The Bertz CT molecular complexity index is 788. The first-order chi connectivity index (χ1) is 13.7. The number of hydrogen-bond acceptors (Lipinski definition) is 5. The molecule has 0 saturated heterocycles. The van der Waals surface area contributed by atoms with Crippen LogP contribution in [-0.4, -0.2) is 31.4 Å². The second kappa shape index (κ2) is 11.9. The quantitative estimate of drug-likeness (QED) is 0.315. The number of rotatable bonds is 8. The third kappa shape index (κ3) is 6.80. The van der Waals surface area contributed by atoms with Gasteiger partial charge in [0.05, 0.1) is 25.5 Å². The average Bonchev–Trinajstić information content (AvgIpc) is 3.40. The molecule has 1 aliphatic rings. The molecule has 7 nitrogen and oxygen atoms in total. The summed E-state index contributed by atoms with van der Waals surface area (Å²) in [6.07, 6.45) is 5.86. The molecular weight excluding hydrogens is 483 g/mol. The fraction of sp³-hybridized carbons (Fsp3) is 0.524. The number of ether oxygens (including phenoxy) is 2. The largest absolute Gasteiger partial charge is 0.497 e. The number of nitrogens with one attached hydrogen (secondary N) is 2. The average molecular weight is 514 g/mol. The minimum absolute atomic E-state index is 0. The van der Waals surface area contributed by atoms with Crippen molar-refractivity contribution < 1.29 is 14.0 Å². The minimum Gasteiger partial charge on any atom is -0.497 e. The first kappa shape index (κ1) is 23.3. The maximum atomic E-state index is 6.26. The van der Waals surface area contributed by atoms with Gasteiger partial charge in [0.15, 0.2) is 11.7 Å². The molecule has 8 heteroatoms. The molecule has 0 bridgehead atoms. The molecule has 160 valence electrons. The van der Waals surface area contributed by atoms with E-state index >= 15 is 0 Å². The van der Waals surface area contributed by atoms with Gasteiger partial charge in [-0.25, -0.2) is 0 Å². The maximum Gasteiger partial charge on any atom is 0.191 e. The topological polar surface area (TPSA) is 80.9 Å². The molecule has 1 saturated carbocycles. The third-order valence-corrected chi connectivity index (χ3v) is 4.94. The molecule has 0 radical (unpaired) electrons. The van der Waals surface area contributed by atoms with Crippen LogP contribution in [-0.2, 0) is 19.5 Å². The summed E-state index contributed by atoms with van der Waals surface area (Å²) in [6, 6.07) is 7.91. The van der Waals surface area contributed by atoms with Crippen LogP contribution < -0.4 is 20.1 Å². The Kier molecular flexibility index (Phi) is 9.56. The van der Waals surface area contributed by atoms with E-state index < -0.39 is 0 Å². The van der Waals surface area contributed by atoms with Gasteiger partial charge >= 0.3 is 0 Å². The number of methoxy groups -OCH3 is 1. The highest BCUT2D eigenvalue weighted by molar-refractivity contribution is 14.0. The van der Waals surface area contributed by atoms with E-state index in [0.29, 0.717) is 25.2 Å². The van der Waals surface area contributed by atoms with Crippen molar-refractivity contribution in [3.63, 3.8) is 0 Å². The number of aliphatic imine (C=N–C) groups is 1. The standard InChI is InChI=1S/C21H30N4O3.HI/c1-4-16-11-19(28-25-16)14-24-21(22-2)23-13-15-9-10-18(26-3)12-20(15)27-17-7-5-6-8-17;/h9-12,17H,4-8,13-14H2,1-3H3,(H2,22,23,24);1H. The van der Waals surface area contributed by atoms with E-state index in [0.717, 1.165) is 47.8 Å². The normalized spacial score (nSPS) is 14.4. The summed E-state index contributed by atoms with van der Waals surface area (Å²) in [5.74, 6) is 3.15. The molecule has 2 N–H and O–H groups in total. The van der Waals surface area contributed by atoms with Crippen molar-refractivity contribution in [3.05, 3.63) is 41.3 Å². The first-order valence-electron chi connectivity index (χ1n) is 9.94. The molecule has 0 amide bonds. The highest BCUT2D eigenvalue weighted by atomic mass is 127. The number of nitrogens with zero attached hydrogens (tertiary/aromatic N) is 2. The predicted octanol–water partition coefficient (Wildman–Crippen LogP) is 4.05. The molecule has 1 heterocycles. The van der Waals surface area contributed by atoms with E-state index in [4.69, 9.17) is 14.0 Å². The van der Waals surface area contributed by atoms with Gasteiger partial charge in [-0.05, 0) is 44.2 Å². The number of halogens is 1. The molecule has 1 fully saturated rings. The summed E-state index contributed by atoms with van der Waals surface area (Å²) in [4.78, 5) is 4.28. The van der Waals surface area contributed by atoms with Crippen LogP contribution in [0.3, 0.4) is 0 Å². The number of aryl methyl sites for hydroxylation is 1. The number of hydrogen-bond donors (Lipinski definition) is 2. The summed E-state index contributed by atoms with van der Waals surface area (Å²) in [5.41, 5.74) is 2.02. The van der Waals surface area contributed by atoms with Gasteiger partial charge in [0, 0.05) is 31.3 Å². The molecule has 1 aromatic heterocycles. The smallest absolute Gasteiger partial charge is 0.191 e. The summed E-state index contributed by atoms with van der Waals surface area (Å²) in [5, 5.41) is 10.6. The predicted molar refractivity (Wildman–Crippen MR) is 124 cm³/mol. The van der Waals surface area contributed by atoms with Crippen molar-refractivity contribution in [2.75, 3.05) is 14.2 Å². The molecule has 0 unspecified atom stereocenters. The zero-order chi connectivity index (χ0) is 19.8. The van der Waals surface area contributed by atoms with Crippen molar-refractivity contribution >= 4 is 29.9 Å². The number of benzene rings is 1. The summed E-state index contributed by atoms with van der Waals surface area (Å²) >= 11 is 0. The fourth-order valence-electron chi connectivity index (χ4n) is 3.28. The van der Waals surface area contributed by atoms with Gasteiger partial charge in [-0.15, -0.1) is 24.0 Å². The second-order valence-corrected chi connectivity index (χ2v) is 6.92. The molecule has 3 rings (SSSR count). The van der Waals surface area contributed by atoms with Crippen LogP contribution in [0.1, 0.15) is 49.6 Å². The van der Waals surface area contributed by atoms with Gasteiger partial charge in [-0.3, -0.25) is 4.99 Å². The fourth-order valence-corrected chi connectivity index (χ4v) is 3.28. The van der Waals surface area contributed by atoms with Crippen LogP contribution in [0.25, 0.3) is 0 Å². The molecule has 2 aromatic rings. The zero-order valence-electron chi connectivity index (χ0n) is 17.4. The third-order valence-electron chi connectivity index (χ3n) is 4.94. The number of guanidine groups is 1. The SMILES string of the molecule is CCc1cc(CNC(=NC)NCc2ccc(OC)cc2OC2CCCC2)on1.I. The van der Waals surface area contributed by atoms with E-state index in [2.05, 4.69) is 27.7 Å². The monoisotopic (exact) mass is 514 g/mol. The lowest BCUT2D eigenvalue weighted by Crippen LogP contribution is -2.36. The van der Waals surface area contributed by atoms with Crippen LogP contribution in [0.2, 0.25) is 0 Å². The molecule has 0 atom stereocenters. The molecule has 0 aliphatic heterocycles. The lowest BCUT2D eigenvalue weighted by Gasteiger charge is -2.18. The highest BCUT2D eigenvalue weighted by Crippen LogP contribution is 2.30. The van der Waals surface area contributed by atoms with Gasteiger partial charge in [-0.1, -0.05) is 12.1 Å². The van der Waals surface area contributed by atoms with Crippen LogP contribution in [0.5, 0.6) is 11.5 Å². The van der Waals surface area contributed by atoms with E-state index in [9.17, 15) is 0 Å². The highest BCUT2D eigenvalue weighted by Gasteiger charge is 2.18. The second-order valence-electron chi connectivity index (χ2n) is 6.92. The van der Waals surface area contributed by atoms with Crippen LogP contribution >= 0.6 is 24.0 Å².